The summed E-state index contributed by atoms with van der Waals surface area (Å²) in [5.74, 6) is 2.31. The minimum atomic E-state index is -0.379. The molecule has 3 aliphatic rings. The highest BCUT2D eigenvalue weighted by atomic mass is 16.5. The van der Waals surface area contributed by atoms with E-state index in [-0.39, 0.29) is 17.6 Å². The van der Waals surface area contributed by atoms with E-state index in [4.69, 9.17) is 9.47 Å². The van der Waals surface area contributed by atoms with E-state index < -0.39 is 0 Å². The van der Waals surface area contributed by atoms with Crippen molar-refractivity contribution < 1.29 is 14.6 Å². The molecule has 0 saturated heterocycles. The van der Waals surface area contributed by atoms with Crippen LogP contribution in [0.15, 0.2) is 12.1 Å². The first-order chi connectivity index (χ1) is 10.7. The molecule has 120 valence electrons. The molecule has 4 unspecified atom stereocenters. The van der Waals surface area contributed by atoms with Crippen molar-refractivity contribution in [1.29, 1.82) is 0 Å². The van der Waals surface area contributed by atoms with Gasteiger partial charge in [-0.15, -0.1) is 0 Å². The fraction of sp³-hybridized carbons (Fsp3) is 0.667. The summed E-state index contributed by atoms with van der Waals surface area (Å²) in [6.07, 6.45) is 4.78. The molecule has 22 heavy (non-hydrogen) atoms. The number of hydrogen-bond donors (Lipinski definition) is 2. The van der Waals surface area contributed by atoms with E-state index in [1.165, 1.54) is 17.5 Å². The van der Waals surface area contributed by atoms with Crippen LogP contribution < -0.4 is 14.8 Å². The number of rotatable bonds is 4. The summed E-state index contributed by atoms with van der Waals surface area (Å²) in [4.78, 5) is 0. The normalized spacial score (nSPS) is 35.0. The van der Waals surface area contributed by atoms with Crippen molar-refractivity contribution in [2.24, 2.45) is 5.92 Å². The summed E-state index contributed by atoms with van der Waals surface area (Å²) in [5.41, 5.74) is 2.68. The van der Waals surface area contributed by atoms with Gasteiger partial charge in [0, 0.05) is 11.0 Å². The van der Waals surface area contributed by atoms with Crippen LogP contribution in [0, 0.1) is 5.92 Å². The fourth-order valence-electron chi connectivity index (χ4n) is 5.15. The number of methoxy groups -OCH3 is 1. The maximum atomic E-state index is 10.6. The minimum Gasteiger partial charge on any atom is -0.493 e. The Morgan fingerprint density at radius 3 is 3.00 bits per heavy atom. The lowest BCUT2D eigenvalue weighted by atomic mass is 9.55. The van der Waals surface area contributed by atoms with Crippen LogP contribution in [-0.4, -0.2) is 38.0 Å². The van der Waals surface area contributed by atoms with Crippen molar-refractivity contribution in [3.63, 3.8) is 0 Å². The summed E-state index contributed by atoms with van der Waals surface area (Å²) in [7, 11) is 3.69. The summed E-state index contributed by atoms with van der Waals surface area (Å²) in [6, 6.07) is 4.21. The fourth-order valence-corrected chi connectivity index (χ4v) is 5.15. The van der Waals surface area contributed by atoms with Gasteiger partial charge in [0.15, 0.2) is 11.5 Å². The van der Waals surface area contributed by atoms with E-state index in [9.17, 15) is 5.11 Å². The molecule has 2 aliphatic carbocycles. The monoisotopic (exact) mass is 303 g/mol. The van der Waals surface area contributed by atoms with Gasteiger partial charge in [-0.2, -0.15) is 0 Å². The van der Waals surface area contributed by atoms with Crippen molar-refractivity contribution in [2.45, 2.75) is 49.7 Å². The average molecular weight is 303 g/mol. The molecular weight excluding hydrogens is 278 g/mol. The molecule has 0 amide bonds. The molecule has 0 radical (unpaired) electrons. The molecule has 0 bridgehead atoms. The molecule has 1 aromatic carbocycles. The van der Waals surface area contributed by atoms with Crippen molar-refractivity contribution in [2.75, 3.05) is 20.7 Å². The quantitative estimate of drug-likeness (QED) is 0.893. The molecule has 0 spiro atoms. The summed E-state index contributed by atoms with van der Waals surface area (Å²) < 4.78 is 11.9. The summed E-state index contributed by atoms with van der Waals surface area (Å²) in [5, 5.41) is 13.9. The molecule has 4 nitrogen and oxygen atoms in total. The van der Waals surface area contributed by atoms with E-state index in [2.05, 4.69) is 11.4 Å². The van der Waals surface area contributed by atoms with Gasteiger partial charge in [-0.1, -0.05) is 6.07 Å². The SMILES string of the molecule is CNCCC12c3c4ccc(OC)c3OC1C(O)CCC2CC4. The van der Waals surface area contributed by atoms with Gasteiger partial charge in [0.2, 0.25) is 0 Å². The first-order valence-electron chi connectivity index (χ1n) is 8.42. The molecule has 1 heterocycles. The lowest BCUT2D eigenvalue weighted by molar-refractivity contribution is -0.0588. The van der Waals surface area contributed by atoms with E-state index in [0.717, 1.165) is 43.7 Å². The molecule has 1 aliphatic heterocycles. The molecular formula is C18H25NO3. The Kier molecular flexibility index (Phi) is 3.35. The number of ether oxygens (including phenoxy) is 2. The molecule has 2 N–H and O–H groups in total. The Morgan fingerprint density at radius 2 is 2.23 bits per heavy atom. The Bertz CT molecular complexity index is 588. The second-order valence-corrected chi connectivity index (χ2v) is 6.94. The second kappa shape index (κ2) is 5.14. The van der Waals surface area contributed by atoms with Gasteiger partial charge in [0.25, 0.3) is 0 Å². The molecule has 4 rings (SSSR count). The van der Waals surface area contributed by atoms with Gasteiger partial charge in [-0.3, -0.25) is 0 Å². The van der Waals surface area contributed by atoms with Crippen LogP contribution in [0.2, 0.25) is 0 Å². The number of aryl methyl sites for hydroxylation is 1. The van der Waals surface area contributed by atoms with Crippen molar-refractivity contribution in [3.8, 4) is 11.5 Å². The van der Waals surface area contributed by atoms with Crippen LogP contribution >= 0.6 is 0 Å². The largest absolute Gasteiger partial charge is 0.493 e. The van der Waals surface area contributed by atoms with Crippen LogP contribution in [0.25, 0.3) is 0 Å². The zero-order chi connectivity index (χ0) is 15.3. The number of aliphatic hydroxyl groups is 1. The molecule has 0 aromatic heterocycles. The summed E-state index contributed by atoms with van der Waals surface area (Å²) >= 11 is 0. The second-order valence-electron chi connectivity index (χ2n) is 6.94. The van der Waals surface area contributed by atoms with Crippen molar-refractivity contribution in [1.82, 2.24) is 5.32 Å². The topological polar surface area (TPSA) is 50.7 Å². The Balaban J connectivity index is 1.92. The zero-order valence-electron chi connectivity index (χ0n) is 13.4. The first-order valence-corrected chi connectivity index (χ1v) is 8.42. The van der Waals surface area contributed by atoms with Crippen LogP contribution in [0.3, 0.4) is 0 Å². The third-order valence-corrected chi connectivity index (χ3v) is 6.09. The van der Waals surface area contributed by atoms with Gasteiger partial charge in [-0.25, -0.2) is 0 Å². The van der Waals surface area contributed by atoms with Gasteiger partial charge >= 0.3 is 0 Å². The summed E-state index contributed by atoms with van der Waals surface area (Å²) in [6.45, 7) is 0.944. The Morgan fingerprint density at radius 1 is 1.36 bits per heavy atom. The maximum Gasteiger partial charge on any atom is 0.165 e. The van der Waals surface area contributed by atoms with E-state index in [1.54, 1.807) is 7.11 Å². The lowest BCUT2D eigenvalue weighted by Crippen LogP contribution is -2.56. The lowest BCUT2D eigenvalue weighted by Gasteiger charge is -2.49. The smallest absolute Gasteiger partial charge is 0.165 e. The Hall–Kier alpha value is -1.26. The number of nitrogens with one attached hydrogen (secondary N) is 1. The van der Waals surface area contributed by atoms with E-state index in [1.807, 2.05) is 13.1 Å². The van der Waals surface area contributed by atoms with Crippen LogP contribution in [-0.2, 0) is 11.8 Å². The van der Waals surface area contributed by atoms with Gasteiger partial charge in [0.05, 0.1) is 13.2 Å². The number of benzene rings is 1. The minimum absolute atomic E-state index is 0.0435. The van der Waals surface area contributed by atoms with E-state index >= 15 is 0 Å². The highest BCUT2D eigenvalue weighted by Crippen LogP contribution is 2.61. The standard InChI is InChI=1S/C18H25NO3/c1-19-10-9-18-12-5-3-11-4-8-14(21-2)16(15(11)18)22-17(18)13(20)7-6-12/h4,8,12-13,17,19-20H,3,5-7,9-10H2,1-2H3. The van der Waals surface area contributed by atoms with Crippen LogP contribution in [0.1, 0.15) is 36.8 Å². The van der Waals surface area contributed by atoms with Gasteiger partial charge in [0.1, 0.15) is 6.10 Å². The first kappa shape index (κ1) is 14.3. The molecule has 4 heteroatoms. The Labute approximate surface area is 131 Å². The highest BCUT2D eigenvalue weighted by molar-refractivity contribution is 5.60. The predicted molar refractivity (Wildman–Crippen MR) is 84.7 cm³/mol. The van der Waals surface area contributed by atoms with Crippen molar-refractivity contribution in [3.05, 3.63) is 23.3 Å². The predicted octanol–water partition coefficient (Wildman–Crippen LogP) is 2.02. The molecule has 1 aromatic rings. The third-order valence-electron chi connectivity index (χ3n) is 6.09. The molecule has 1 fully saturated rings. The number of hydrogen-bond acceptors (Lipinski definition) is 4. The highest BCUT2D eigenvalue weighted by Gasteiger charge is 2.60. The third kappa shape index (κ3) is 1.71. The van der Waals surface area contributed by atoms with Crippen LogP contribution in [0.5, 0.6) is 11.5 Å². The van der Waals surface area contributed by atoms with Crippen molar-refractivity contribution >= 4 is 0 Å². The maximum absolute atomic E-state index is 10.6. The number of aliphatic hydroxyl groups excluding tert-OH is 1. The molecule has 1 saturated carbocycles. The van der Waals surface area contributed by atoms with Gasteiger partial charge < -0.3 is 19.9 Å². The van der Waals surface area contributed by atoms with E-state index in [0.29, 0.717) is 5.92 Å². The molecule has 4 atom stereocenters. The average Bonchev–Trinajstić information content (AvgIpc) is 2.90. The van der Waals surface area contributed by atoms with Crippen LogP contribution in [0.4, 0.5) is 0 Å². The zero-order valence-corrected chi connectivity index (χ0v) is 13.4. The van der Waals surface area contributed by atoms with Gasteiger partial charge in [-0.05, 0) is 63.2 Å².